The van der Waals surface area contributed by atoms with E-state index in [0.29, 0.717) is 5.52 Å². The van der Waals surface area contributed by atoms with Gasteiger partial charge in [0.1, 0.15) is 17.4 Å². The Morgan fingerprint density at radius 2 is 1.79 bits per heavy atom. The summed E-state index contributed by atoms with van der Waals surface area (Å²) in [7, 11) is 1.94. The van der Waals surface area contributed by atoms with E-state index in [0.717, 1.165) is 43.1 Å². The van der Waals surface area contributed by atoms with Gasteiger partial charge < -0.3 is 14.2 Å². The minimum Gasteiger partial charge on any atom is -0.490 e. The Hall–Kier alpha value is -2.56. The molecule has 2 aromatic carbocycles. The zero-order chi connectivity index (χ0) is 16.5. The first-order valence-electron chi connectivity index (χ1n) is 8.30. The van der Waals surface area contributed by atoms with E-state index in [9.17, 15) is 4.39 Å². The lowest BCUT2D eigenvalue weighted by Crippen LogP contribution is -2.39. The van der Waals surface area contributed by atoms with Crippen LogP contribution < -0.4 is 9.64 Å². The summed E-state index contributed by atoms with van der Waals surface area (Å²) in [5, 5.41) is 0. The number of anilines is 1. The average molecular weight is 325 g/mol. The van der Waals surface area contributed by atoms with Crippen LogP contribution in [0.15, 0.2) is 48.5 Å². The number of benzene rings is 2. The molecule has 0 unspecified atom stereocenters. The van der Waals surface area contributed by atoms with Crippen LogP contribution in [0, 0.1) is 5.82 Å². The zero-order valence-corrected chi connectivity index (χ0v) is 13.7. The molecule has 1 aliphatic heterocycles. The third-order valence-corrected chi connectivity index (χ3v) is 4.61. The summed E-state index contributed by atoms with van der Waals surface area (Å²) >= 11 is 0. The molecule has 3 aromatic rings. The first-order chi connectivity index (χ1) is 11.7. The van der Waals surface area contributed by atoms with Gasteiger partial charge in [0, 0.05) is 33.0 Å². The molecule has 0 radical (unpaired) electrons. The first kappa shape index (κ1) is 15.0. The van der Waals surface area contributed by atoms with E-state index in [2.05, 4.69) is 9.88 Å². The van der Waals surface area contributed by atoms with Crippen molar-refractivity contribution in [1.29, 1.82) is 0 Å². The highest BCUT2D eigenvalue weighted by atomic mass is 19.1. The fraction of sp³-hybridized carbons (Fsp3) is 0.316. The third kappa shape index (κ3) is 2.70. The fourth-order valence-electron chi connectivity index (χ4n) is 3.32. The topological polar surface area (TPSA) is 30.3 Å². The number of hydrogen-bond acceptors (Lipinski definition) is 3. The Labute approximate surface area is 140 Å². The van der Waals surface area contributed by atoms with Gasteiger partial charge in [-0.05, 0) is 24.3 Å². The number of hydrogen-bond donors (Lipinski definition) is 0. The molecule has 0 bridgehead atoms. The predicted molar refractivity (Wildman–Crippen MR) is 93.0 cm³/mol. The lowest BCUT2D eigenvalue weighted by molar-refractivity contribution is 0.170. The monoisotopic (exact) mass is 325 g/mol. The second kappa shape index (κ2) is 6.15. The molecule has 1 fully saturated rings. The quantitative estimate of drug-likeness (QED) is 0.734. The van der Waals surface area contributed by atoms with Crippen LogP contribution in [0.2, 0.25) is 0 Å². The van der Waals surface area contributed by atoms with Gasteiger partial charge in [0.15, 0.2) is 5.82 Å². The first-order valence-corrected chi connectivity index (χ1v) is 8.30. The number of aromatic nitrogens is 2. The number of fused-ring (bicyclic) bond motifs is 1. The van der Waals surface area contributed by atoms with E-state index >= 15 is 0 Å². The molecule has 0 N–H and O–H groups in total. The van der Waals surface area contributed by atoms with Crippen molar-refractivity contribution >= 4 is 17.0 Å². The SMILES string of the molecule is Cn1c(N2CCC(Oc3ccccc3)CC2)nc2c(F)cccc21. The van der Waals surface area contributed by atoms with Crippen LogP contribution in [-0.4, -0.2) is 28.7 Å². The molecule has 5 heteroatoms. The molecule has 24 heavy (non-hydrogen) atoms. The number of para-hydroxylation sites is 2. The smallest absolute Gasteiger partial charge is 0.206 e. The molecule has 0 spiro atoms. The van der Waals surface area contributed by atoms with E-state index in [1.807, 2.05) is 48.0 Å². The molecule has 1 aromatic heterocycles. The second-order valence-electron chi connectivity index (χ2n) is 6.20. The van der Waals surface area contributed by atoms with Gasteiger partial charge in [0.25, 0.3) is 0 Å². The van der Waals surface area contributed by atoms with Crippen LogP contribution in [0.1, 0.15) is 12.8 Å². The molecule has 0 amide bonds. The number of nitrogens with zero attached hydrogens (tertiary/aromatic N) is 3. The van der Waals surface area contributed by atoms with Gasteiger partial charge in [0.05, 0.1) is 5.52 Å². The van der Waals surface area contributed by atoms with Crippen molar-refractivity contribution < 1.29 is 9.13 Å². The number of rotatable bonds is 3. The summed E-state index contributed by atoms with van der Waals surface area (Å²) in [6, 6.07) is 15.0. The van der Waals surface area contributed by atoms with Crippen LogP contribution in [0.4, 0.5) is 10.3 Å². The maximum Gasteiger partial charge on any atom is 0.206 e. The van der Waals surface area contributed by atoms with Gasteiger partial charge in [-0.15, -0.1) is 0 Å². The highest BCUT2D eigenvalue weighted by molar-refractivity contribution is 5.79. The van der Waals surface area contributed by atoms with E-state index in [-0.39, 0.29) is 11.9 Å². The van der Waals surface area contributed by atoms with Gasteiger partial charge in [-0.25, -0.2) is 9.37 Å². The normalized spacial score (nSPS) is 15.8. The van der Waals surface area contributed by atoms with Crippen molar-refractivity contribution in [2.45, 2.75) is 18.9 Å². The van der Waals surface area contributed by atoms with Gasteiger partial charge in [-0.1, -0.05) is 24.3 Å². The summed E-state index contributed by atoms with van der Waals surface area (Å²) in [5.41, 5.74) is 1.27. The van der Waals surface area contributed by atoms with Crippen LogP contribution in [0.3, 0.4) is 0 Å². The van der Waals surface area contributed by atoms with Crippen LogP contribution in [0.5, 0.6) is 5.75 Å². The minimum atomic E-state index is -0.267. The van der Waals surface area contributed by atoms with Crippen molar-refractivity contribution in [1.82, 2.24) is 9.55 Å². The number of imidazole rings is 1. The van der Waals surface area contributed by atoms with E-state index in [4.69, 9.17) is 4.74 Å². The molecule has 124 valence electrons. The summed E-state index contributed by atoms with van der Waals surface area (Å²) in [5.74, 6) is 1.48. The molecule has 2 heterocycles. The molecular weight excluding hydrogens is 305 g/mol. The molecule has 1 aliphatic rings. The Kier molecular flexibility index (Phi) is 3.84. The maximum absolute atomic E-state index is 13.9. The summed E-state index contributed by atoms with van der Waals surface area (Å²) in [6.07, 6.45) is 2.08. The van der Waals surface area contributed by atoms with Crippen molar-refractivity contribution in [2.75, 3.05) is 18.0 Å². The summed E-state index contributed by atoms with van der Waals surface area (Å²) < 4.78 is 21.9. The molecular formula is C19H20FN3O. The van der Waals surface area contributed by atoms with Crippen molar-refractivity contribution in [3.63, 3.8) is 0 Å². The highest BCUT2D eigenvalue weighted by Gasteiger charge is 2.24. The van der Waals surface area contributed by atoms with Gasteiger partial charge in [-0.3, -0.25) is 0 Å². The standard InChI is InChI=1S/C19H20FN3O/c1-22-17-9-5-8-16(20)18(17)21-19(22)23-12-10-15(11-13-23)24-14-6-3-2-4-7-14/h2-9,15H,10-13H2,1H3. The Bertz CT molecular complexity index is 838. The van der Waals surface area contributed by atoms with Gasteiger partial charge >= 0.3 is 0 Å². The van der Waals surface area contributed by atoms with Crippen LogP contribution >= 0.6 is 0 Å². The zero-order valence-electron chi connectivity index (χ0n) is 13.7. The van der Waals surface area contributed by atoms with Crippen molar-refractivity contribution in [3.8, 4) is 5.75 Å². The largest absolute Gasteiger partial charge is 0.490 e. The van der Waals surface area contributed by atoms with Crippen LogP contribution in [-0.2, 0) is 7.05 Å². The van der Waals surface area contributed by atoms with Crippen molar-refractivity contribution in [2.24, 2.45) is 7.05 Å². The molecule has 4 nitrogen and oxygen atoms in total. The number of aryl methyl sites for hydroxylation is 1. The molecule has 0 aliphatic carbocycles. The Balaban J connectivity index is 1.48. The minimum absolute atomic E-state index is 0.218. The summed E-state index contributed by atoms with van der Waals surface area (Å²) in [4.78, 5) is 6.73. The maximum atomic E-state index is 13.9. The van der Waals surface area contributed by atoms with Gasteiger partial charge in [-0.2, -0.15) is 0 Å². The number of halogens is 1. The Morgan fingerprint density at radius 3 is 2.50 bits per heavy atom. The lowest BCUT2D eigenvalue weighted by atomic mass is 10.1. The van der Waals surface area contributed by atoms with E-state index in [1.54, 1.807) is 6.07 Å². The lowest BCUT2D eigenvalue weighted by Gasteiger charge is -2.32. The number of piperidine rings is 1. The molecule has 1 saturated heterocycles. The van der Waals surface area contributed by atoms with E-state index in [1.165, 1.54) is 6.07 Å². The average Bonchev–Trinajstić information content (AvgIpc) is 2.95. The third-order valence-electron chi connectivity index (χ3n) is 4.61. The highest BCUT2D eigenvalue weighted by Crippen LogP contribution is 2.26. The second-order valence-corrected chi connectivity index (χ2v) is 6.20. The summed E-state index contributed by atoms with van der Waals surface area (Å²) in [6.45, 7) is 1.71. The number of ether oxygens (including phenoxy) is 1. The Morgan fingerprint density at radius 1 is 1.04 bits per heavy atom. The molecule has 4 rings (SSSR count). The predicted octanol–water partition coefficient (Wildman–Crippen LogP) is 3.76. The fourth-order valence-corrected chi connectivity index (χ4v) is 3.32. The van der Waals surface area contributed by atoms with Crippen molar-refractivity contribution in [3.05, 3.63) is 54.3 Å². The van der Waals surface area contributed by atoms with E-state index < -0.39 is 0 Å². The van der Waals surface area contributed by atoms with Gasteiger partial charge in [0.2, 0.25) is 5.95 Å². The molecule has 0 atom stereocenters. The van der Waals surface area contributed by atoms with Crippen LogP contribution in [0.25, 0.3) is 11.0 Å². The molecule has 0 saturated carbocycles.